The Morgan fingerprint density at radius 2 is 1.65 bits per heavy atom. The first kappa shape index (κ1) is 24.5. The third-order valence-electron chi connectivity index (χ3n) is 4.54. The Balaban J connectivity index is 2.05. The number of carbonyl (C=O) groups excluding carboxylic acids is 1. The fourth-order valence-electron chi connectivity index (χ4n) is 3.05. The monoisotopic (exact) mass is 484 g/mol. The highest BCUT2D eigenvalue weighted by atomic mass is 19.4. The smallest absolute Gasteiger partial charge is 0.416 e. The van der Waals surface area contributed by atoms with Gasteiger partial charge >= 0.3 is 12.4 Å². The van der Waals surface area contributed by atoms with E-state index in [1.807, 2.05) is 6.07 Å². The van der Waals surface area contributed by atoms with Crippen LogP contribution in [-0.4, -0.2) is 32.8 Å². The van der Waals surface area contributed by atoms with Gasteiger partial charge in [0.1, 0.15) is 11.6 Å². The molecule has 0 radical (unpaired) electrons. The lowest BCUT2D eigenvalue weighted by Crippen LogP contribution is -2.29. The predicted molar refractivity (Wildman–Crippen MR) is 103 cm³/mol. The summed E-state index contributed by atoms with van der Waals surface area (Å²) in [6, 6.07) is 2.75. The standard InChI is InChI=1S/C20H14F6N6O2/c1-10(15-14(9-27)17(34-2)31-32(15)18-28-4-3-5-29-18)30-16(33)11-6-12(19(21,22)23)8-13(7-11)20(24,25)26/h3-8,10H,1-2H3,(H,30,33). The third kappa shape index (κ3) is 4.92. The van der Waals surface area contributed by atoms with Crippen molar-refractivity contribution >= 4 is 5.91 Å². The van der Waals surface area contributed by atoms with Crippen molar-refractivity contribution in [3.05, 3.63) is 64.6 Å². The average molecular weight is 484 g/mol. The molecule has 0 aliphatic carbocycles. The van der Waals surface area contributed by atoms with E-state index in [9.17, 15) is 36.4 Å². The SMILES string of the molecule is COc1nn(-c2ncccn2)c(C(C)NC(=O)c2cc(C(F)(F)F)cc(C(F)(F)F)c2)c1C#N. The summed E-state index contributed by atoms with van der Waals surface area (Å²) in [6.45, 7) is 1.35. The molecular weight excluding hydrogens is 470 g/mol. The first-order valence-corrected chi connectivity index (χ1v) is 9.31. The quantitative estimate of drug-likeness (QED) is 0.548. The zero-order chi connectivity index (χ0) is 25.3. The van der Waals surface area contributed by atoms with Crippen molar-refractivity contribution in [1.29, 1.82) is 5.26 Å². The Morgan fingerprint density at radius 3 is 2.12 bits per heavy atom. The first-order valence-electron chi connectivity index (χ1n) is 9.31. The van der Waals surface area contributed by atoms with E-state index in [1.54, 1.807) is 0 Å². The van der Waals surface area contributed by atoms with Gasteiger partial charge in [0.15, 0.2) is 0 Å². The van der Waals surface area contributed by atoms with Crippen LogP contribution in [0.25, 0.3) is 5.95 Å². The van der Waals surface area contributed by atoms with Crippen molar-refractivity contribution < 1.29 is 35.9 Å². The zero-order valence-electron chi connectivity index (χ0n) is 17.4. The first-order chi connectivity index (χ1) is 15.9. The highest BCUT2D eigenvalue weighted by molar-refractivity contribution is 5.95. The molecular formula is C20H14F6N6O2. The maximum atomic E-state index is 13.1. The van der Waals surface area contributed by atoms with Crippen LogP contribution in [0.2, 0.25) is 0 Å². The van der Waals surface area contributed by atoms with Gasteiger partial charge in [-0.25, -0.2) is 9.97 Å². The van der Waals surface area contributed by atoms with Gasteiger partial charge in [-0.15, -0.1) is 5.10 Å². The minimum atomic E-state index is -5.12. The molecule has 8 nitrogen and oxygen atoms in total. The number of nitriles is 1. The van der Waals surface area contributed by atoms with Crippen LogP contribution in [0, 0.1) is 11.3 Å². The van der Waals surface area contributed by atoms with Crippen molar-refractivity contribution in [2.75, 3.05) is 7.11 Å². The minimum absolute atomic E-state index is 0.00178. The lowest BCUT2D eigenvalue weighted by molar-refractivity contribution is -0.143. The Bertz CT molecular complexity index is 1220. The number of carbonyl (C=O) groups is 1. The van der Waals surface area contributed by atoms with E-state index in [0.29, 0.717) is 12.1 Å². The third-order valence-corrected chi connectivity index (χ3v) is 4.54. The molecule has 14 heteroatoms. The van der Waals surface area contributed by atoms with Gasteiger partial charge in [-0.2, -0.15) is 36.3 Å². The number of methoxy groups -OCH3 is 1. The van der Waals surface area contributed by atoms with Gasteiger partial charge in [0.05, 0.1) is 30.0 Å². The van der Waals surface area contributed by atoms with Gasteiger partial charge in [-0.05, 0) is 31.2 Å². The summed E-state index contributed by atoms with van der Waals surface area (Å²) >= 11 is 0. The maximum absolute atomic E-state index is 13.1. The zero-order valence-corrected chi connectivity index (χ0v) is 17.4. The summed E-state index contributed by atoms with van der Waals surface area (Å²) in [5.41, 5.74) is -4.28. The summed E-state index contributed by atoms with van der Waals surface area (Å²) in [7, 11) is 1.23. The molecule has 0 bridgehead atoms. The molecule has 34 heavy (non-hydrogen) atoms. The second kappa shape index (κ2) is 9.00. The molecule has 0 spiro atoms. The van der Waals surface area contributed by atoms with E-state index in [2.05, 4.69) is 20.4 Å². The molecule has 0 fully saturated rings. The molecule has 1 aromatic carbocycles. The number of nitrogens with zero attached hydrogens (tertiary/aromatic N) is 5. The van der Waals surface area contributed by atoms with Crippen LogP contribution in [0.4, 0.5) is 26.3 Å². The molecule has 3 rings (SSSR count). The van der Waals surface area contributed by atoms with Crippen molar-refractivity contribution in [3.8, 4) is 17.9 Å². The van der Waals surface area contributed by atoms with Crippen LogP contribution in [0.15, 0.2) is 36.7 Å². The minimum Gasteiger partial charge on any atom is -0.479 e. The molecule has 1 amide bonds. The number of amides is 1. The number of ether oxygens (including phenoxy) is 1. The number of benzene rings is 1. The van der Waals surface area contributed by atoms with Gasteiger partial charge < -0.3 is 10.1 Å². The number of hydrogen-bond acceptors (Lipinski definition) is 6. The normalized spacial score (nSPS) is 12.7. The van der Waals surface area contributed by atoms with E-state index in [-0.39, 0.29) is 29.2 Å². The Morgan fingerprint density at radius 1 is 1.09 bits per heavy atom. The van der Waals surface area contributed by atoms with Gasteiger partial charge in [0.25, 0.3) is 17.7 Å². The van der Waals surface area contributed by atoms with Crippen LogP contribution in [0.5, 0.6) is 5.88 Å². The lowest BCUT2D eigenvalue weighted by atomic mass is 10.0. The molecule has 0 aliphatic rings. The highest BCUT2D eigenvalue weighted by Gasteiger charge is 2.38. The van der Waals surface area contributed by atoms with Crippen LogP contribution < -0.4 is 10.1 Å². The molecule has 1 atom stereocenters. The number of hydrogen-bond donors (Lipinski definition) is 1. The number of rotatable bonds is 5. The van der Waals surface area contributed by atoms with Gasteiger partial charge in [0.2, 0.25) is 0 Å². The second-order valence-corrected chi connectivity index (χ2v) is 6.83. The summed E-state index contributed by atoms with van der Waals surface area (Å²) in [5.74, 6) is -1.41. The molecule has 1 N–H and O–H groups in total. The Labute approximate surface area is 187 Å². The predicted octanol–water partition coefficient (Wildman–Crippen LogP) is 4.07. The number of aromatic nitrogens is 4. The largest absolute Gasteiger partial charge is 0.479 e. The van der Waals surface area contributed by atoms with E-state index < -0.39 is 41.0 Å². The van der Waals surface area contributed by atoms with Crippen LogP contribution in [0.1, 0.15) is 45.7 Å². The summed E-state index contributed by atoms with van der Waals surface area (Å²) < 4.78 is 84.9. The maximum Gasteiger partial charge on any atom is 0.416 e. The molecule has 2 heterocycles. The fraction of sp³-hybridized carbons (Fsp3) is 0.250. The summed E-state index contributed by atoms with van der Waals surface area (Å²) in [6.07, 6.45) is -7.49. The van der Waals surface area contributed by atoms with Crippen LogP contribution in [-0.2, 0) is 12.4 Å². The molecule has 3 aromatic rings. The number of halogens is 6. The fourth-order valence-corrected chi connectivity index (χ4v) is 3.05. The van der Waals surface area contributed by atoms with E-state index in [4.69, 9.17) is 4.74 Å². The van der Waals surface area contributed by atoms with Gasteiger partial charge in [-0.1, -0.05) is 0 Å². The summed E-state index contributed by atoms with van der Waals surface area (Å²) in [4.78, 5) is 20.7. The van der Waals surface area contributed by atoms with Crippen LogP contribution >= 0.6 is 0 Å². The molecule has 0 saturated heterocycles. The molecule has 1 unspecified atom stereocenters. The van der Waals surface area contributed by atoms with Crippen molar-refractivity contribution in [3.63, 3.8) is 0 Å². The molecule has 178 valence electrons. The Hall–Kier alpha value is -4.15. The highest BCUT2D eigenvalue weighted by Crippen LogP contribution is 2.36. The Kier molecular flexibility index (Phi) is 6.49. The topological polar surface area (TPSA) is 106 Å². The average Bonchev–Trinajstić information content (AvgIpc) is 3.17. The van der Waals surface area contributed by atoms with E-state index in [0.717, 1.165) is 4.68 Å². The molecule has 2 aromatic heterocycles. The second-order valence-electron chi connectivity index (χ2n) is 6.83. The summed E-state index contributed by atoms with van der Waals surface area (Å²) in [5, 5.41) is 15.9. The van der Waals surface area contributed by atoms with Gasteiger partial charge in [-0.3, -0.25) is 4.79 Å². The number of nitrogens with one attached hydrogen (secondary N) is 1. The number of alkyl halides is 6. The van der Waals surface area contributed by atoms with Crippen molar-refractivity contribution in [1.82, 2.24) is 25.1 Å². The van der Waals surface area contributed by atoms with Crippen LogP contribution in [0.3, 0.4) is 0 Å². The van der Waals surface area contributed by atoms with Crippen molar-refractivity contribution in [2.24, 2.45) is 0 Å². The van der Waals surface area contributed by atoms with Gasteiger partial charge in [0, 0.05) is 18.0 Å². The molecule has 0 saturated carbocycles. The molecule has 0 aliphatic heterocycles. The van der Waals surface area contributed by atoms with E-state index in [1.165, 1.54) is 32.5 Å². The van der Waals surface area contributed by atoms with Crippen molar-refractivity contribution in [2.45, 2.75) is 25.3 Å². The lowest BCUT2D eigenvalue weighted by Gasteiger charge is -2.17. The van der Waals surface area contributed by atoms with E-state index >= 15 is 0 Å².